The van der Waals surface area contributed by atoms with Crippen LogP contribution in [0.4, 0.5) is 0 Å². The van der Waals surface area contributed by atoms with Crippen molar-refractivity contribution in [2.45, 2.75) is 37.6 Å². The summed E-state index contributed by atoms with van der Waals surface area (Å²) in [7, 11) is 0. The summed E-state index contributed by atoms with van der Waals surface area (Å²) in [6.45, 7) is 1.03. The molecule has 0 saturated carbocycles. The summed E-state index contributed by atoms with van der Waals surface area (Å²) in [6.07, 6.45) is 4.07. The van der Waals surface area contributed by atoms with Gasteiger partial charge in [-0.3, -0.25) is 4.79 Å². The Balaban J connectivity index is 1.72. The molecule has 1 saturated heterocycles. The minimum Gasteiger partial charge on any atom is -0.379 e. The number of fused-ring (bicyclic) bond motifs is 1. The lowest BCUT2D eigenvalue weighted by atomic mass is 9.78. The largest absolute Gasteiger partial charge is 0.379 e. The molecule has 1 fully saturated rings. The zero-order chi connectivity index (χ0) is 13.2. The van der Waals surface area contributed by atoms with E-state index in [-0.39, 0.29) is 17.7 Å². The number of benzene rings is 1. The average Bonchev–Trinajstić information content (AvgIpc) is 2.85. The summed E-state index contributed by atoms with van der Waals surface area (Å²) < 4.78 is 5.30. The average molecular weight is 259 g/mol. The Morgan fingerprint density at radius 3 is 2.95 bits per heavy atom. The smallest absolute Gasteiger partial charge is 0.140 e. The first-order valence-electron chi connectivity index (χ1n) is 7.19. The summed E-state index contributed by atoms with van der Waals surface area (Å²) in [6, 6.07) is 8.43. The minimum absolute atomic E-state index is 0.0888. The Morgan fingerprint density at radius 2 is 2.16 bits per heavy atom. The molecule has 19 heavy (non-hydrogen) atoms. The van der Waals surface area contributed by atoms with Crippen molar-refractivity contribution in [3.05, 3.63) is 35.4 Å². The van der Waals surface area contributed by atoms with Gasteiger partial charge in [-0.2, -0.15) is 0 Å². The van der Waals surface area contributed by atoms with Crippen LogP contribution in [0.3, 0.4) is 0 Å². The number of nitrogens with two attached hydrogens (primary N) is 1. The lowest BCUT2D eigenvalue weighted by Crippen LogP contribution is -2.34. The Kier molecular flexibility index (Phi) is 3.67. The number of Topliss-reactive ketones (excluding diaryl/α,β-unsaturated/α-hetero) is 1. The number of hydrogen-bond donors (Lipinski definition) is 1. The fraction of sp³-hybridized carbons (Fsp3) is 0.562. The maximum atomic E-state index is 12.4. The molecule has 3 atom stereocenters. The standard InChI is InChI=1S/C16H21NO2/c17-15-10-19-9-14(15)16(18)8-12-6-3-5-11-4-1-2-7-13(11)12/h1-2,4,7,12,14-15H,3,5-6,8-10,17H2. The molecule has 1 heterocycles. The van der Waals surface area contributed by atoms with Gasteiger partial charge in [-0.05, 0) is 36.3 Å². The third-order valence-electron chi connectivity index (χ3n) is 4.48. The number of rotatable bonds is 3. The number of aryl methyl sites for hydroxylation is 1. The predicted octanol–water partition coefficient (Wildman–Crippen LogP) is 2.04. The summed E-state index contributed by atoms with van der Waals surface area (Å²) in [5.41, 5.74) is 8.72. The molecular formula is C16H21NO2. The molecule has 0 amide bonds. The number of ketones is 1. The molecule has 102 valence electrons. The van der Waals surface area contributed by atoms with Gasteiger partial charge in [-0.1, -0.05) is 24.3 Å². The molecular weight excluding hydrogens is 238 g/mol. The van der Waals surface area contributed by atoms with Crippen molar-refractivity contribution in [2.24, 2.45) is 11.7 Å². The normalized spacial score (nSPS) is 30.1. The second kappa shape index (κ2) is 5.43. The van der Waals surface area contributed by atoms with Crippen LogP contribution in [0.2, 0.25) is 0 Å². The SMILES string of the molecule is NC1COCC1C(=O)CC1CCCc2ccccc21. The van der Waals surface area contributed by atoms with Crippen molar-refractivity contribution < 1.29 is 9.53 Å². The molecule has 0 radical (unpaired) electrons. The van der Waals surface area contributed by atoms with Crippen LogP contribution >= 0.6 is 0 Å². The number of ether oxygens (including phenoxy) is 1. The Morgan fingerprint density at radius 1 is 1.32 bits per heavy atom. The molecule has 1 aromatic carbocycles. The van der Waals surface area contributed by atoms with Crippen molar-refractivity contribution in [2.75, 3.05) is 13.2 Å². The lowest BCUT2D eigenvalue weighted by Gasteiger charge is -2.26. The second-order valence-corrected chi connectivity index (χ2v) is 5.77. The molecule has 3 heteroatoms. The van der Waals surface area contributed by atoms with E-state index < -0.39 is 0 Å². The van der Waals surface area contributed by atoms with E-state index in [9.17, 15) is 4.79 Å². The number of hydrogen-bond acceptors (Lipinski definition) is 3. The Bertz CT molecular complexity index is 472. The molecule has 3 nitrogen and oxygen atoms in total. The first-order valence-corrected chi connectivity index (χ1v) is 7.19. The van der Waals surface area contributed by atoms with Crippen LogP contribution in [-0.4, -0.2) is 25.0 Å². The second-order valence-electron chi connectivity index (χ2n) is 5.77. The quantitative estimate of drug-likeness (QED) is 0.903. The van der Waals surface area contributed by atoms with Gasteiger partial charge in [0.05, 0.1) is 19.1 Å². The zero-order valence-corrected chi connectivity index (χ0v) is 11.2. The van der Waals surface area contributed by atoms with Gasteiger partial charge >= 0.3 is 0 Å². The van der Waals surface area contributed by atoms with E-state index in [2.05, 4.69) is 24.3 Å². The highest BCUT2D eigenvalue weighted by molar-refractivity contribution is 5.83. The van der Waals surface area contributed by atoms with E-state index in [4.69, 9.17) is 10.5 Å². The van der Waals surface area contributed by atoms with Crippen LogP contribution in [0.1, 0.15) is 36.3 Å². The summed E-state index contributed by atoms with van der Waals surface area (Å²) >= 11 is 0. The van der Waals surface area contributed by atoms with Gasteiger partial charge in [0.25, 0.3) is 0 Å². The third kappa shape index (κ3) is 2.58. The highest BCUT2D eigenvalue weighted by Crippen LogP contribution is 2.35. The van der Waals surface area contributed by atoms with Crippen molar-refractivity contribution >= 4 is 5.78 Å². The predicted molar refractivity (Wildman–Crippen MR) is 74.0 cm³/mol. The highest BCUT2D eigenvalue weighted by Gasteiger charge is 2.33. The van der Waals surface area contributed by atoms with Crippen LogP contribution in [0.15, 0.2) is 24.3 Å². The highest BCUT2D eigenvalue weighted by atomic mass is 16.5. The van der Waals surface area contributed by atoms with Gasteiger partial charge in [0.15, 0.2) is 0 Å². The van der Waals surface area contributed by atoms with E-state index in [1.165, 1.54) is 17.5 Å². The van der Waals surface area contributed by atoms with E-state index >= 15 is 0 Å². The molecule has 0 aromatic heterocycles. The number of carbonyl (C=O) groups is 1. The Labute approximate surface area is 114 Å². The molecule has 1 aromatic rings. The molecule has 0 spiro atoms. The first-order chi connectivity index (χ1) is 9.25. The molecule has 2 aliphatic rings. The maximum absolute atomic E-state index is 12.4. The monoisotopic (exact) mass is 259 g/mol. The van der Waals surface area contributed by atoms with E-state index in [0.29, 0.717) is 25.6 Å². The Hall–Kier alpha value is -1.19. The van der Waals surface area contributed by atoms with Crippen LogP contribution in [-0.2, 0) is 16.0 Å². The van der Waals surface area contributed by atoms with Crippen molar-refractivity contribution in [1.82, 2.24) is 0 Å². The molecule has 3 rings (SSSR count). The van der Waals surface area contributed by atoms with Crippen LogP contribution in [0.5, 0.6) is 0 Å². The number of carbonyl (C=O) groups excluding carboxylic acids is 1. The van der Waals surface area contributed by atoms with Crippen molar-refractivity contribution in [3.63, 3.8) is 0 Å². The molecule has 3 unspecified atom stereocenters. The van der Waals surface area contributed by atoms with Gasteiger partial charge < -0.3 is 10.5 Å². The maximum Gasteiger partial charge on any atom is 0.140 e. The topological polar surface area (TPSA) is 52.3 Å². The molecule has 0 bridgehead atoms. The van der Waals surface area contributed by atoms with Gasteiger partial charge in [0.2, 0.25) is 0 Å². The van der Waals surface area contributed by atoms with Gasteiger partial charge in [-0.25, -0.2) is 0 Å². The van der Waals surface area contributed by atoms with E-state index in [1.807, 2.05) is 0 Å². The summed E-state index contributed by atoms with van der Waals surface area (Å²) in [4.78, 5) is 12.4. The van der Waals surface area contributed by atoms with Crippen molar-refractivity contribution in [1.29, 1.82) is 0 Å². The third-order valence-corrected chi connectivity index (χ3v) is 4.48. The fourth-order valence-corrected chi connectivity index (χ4v) is 3.36. The summed E-state index contributed by atoms with van der Waals surface area (Å²) in [5, 5.41) is 0. The minimum atomic E-state index is -0.105. The van der Waals surface area contributed by atoms with E-state index in [1.54, 1.807) is 0 Å². The van der Waals surface area contributed by atoms with Crippen molar-refractivity contribution in [3.8, 4) is 0 Å². The van der Waals surface area contributed by atoms with Crippen LogP contribution in [0.25, 0.3) is 0 Å². The molecule has 1 aliphatic carbocycles. The molecule has 2 N–H and O–H groups in total. The van der Waals surface area contributed by atoms with Crippen LogP contribution in [0, 0.1) is 5.92 Å². The lowest BCUT2D eigenvalue weighted by molar-refractivity contribution is -0.123. The van der Waals surface area contributed by atoms with Gasteiger partial charge in [-0.15, -0.1) is 0 Å². The van der Waals surface area contributed by atoms with E-state index in [0.717, 1.165) is 12.8 Å². The van der Waals surface area contributed by atoms with Gasteiger partial charge in [0.1, 0.15) is 5.78 Å². The first kappa shape index (κ1) is 12.8. The molecule has 1 aliphatic heterocycles. The zero-order valence-electron chi connectivity index (χ0n) is 11.2. The van der Waals surface area contributed by atoms with Crippen LogP contribution < -0.4 is 5.73 Å². The van der Waals surface area contributed by atoms with Gasteiger partial charge in [0, 0.05) is 12.5 Å². The summed E-state index contributed by atoms with van der Waals surface area (Å²) in [5.74, 6) is 0.575. The fourth-order valence-electron chi connectivity index (χ4n) is 3.36.